The highest BCUT2D eigenvalue weighted by Gasteiger charge is 2.22. The predicted molar refractivity (Wildman–Crippen MR) is 117 cm³/mol. The van der Waals surface area contributed by atoms with Gasteiger partial charge in [-0.15, -0.1) is 0 Å². The number of nitrogens with one attached hydrogen (secondary N) is 1. The molecular formula is C25H30N2O2. The number of H-pyrrole nitrogens is 1. The van der Waals surface area contributed by atoms with Gasteiger partial charge in [0.25, 0.3) is 0 Å². The van der Waals surface area contributed by atoms with Crippen molar-refractivity contribution in [1.29, 1.82) is 0 Å². The number of nitrogens with zero attached hydrogens (tertiary/aromatic N) is 1. The van der Waals surface area contributed by atoms with Crippen LogP contribution in [0, 0.1) is 5.92 Å². The lowest BCUT2D eigenvalue weighted by Crippen LogP contribution is -2.38. The van der Waals surface area contributed by atoms with Crippen molar-refractivity contribution in [3.63, 3.8) is 0 Å². The van der Waals surface area contributed by atoms with Gasteiger partial charge in [-0.2, -0.15) is 0 Å². The van der Waals surface area contributed by atoms with Gasteiger partial charge in [0.2, 0.25) is 5.91 Å². The van der Waals surface area contributed by atoms with Crippen molar-refractivity contribution in [3.05, 3.63) is 71.4 Å². The zero-order valence-corrected chi connectivity index (χ0v) is 16.9. The minimum atomic E-state index is 0.0983. The quantitative estimate of drug-likeness (QED) is 0.626. The third kappa shape index (κ3) is 4.88. The fourth-order valence-electron chi connectivity index (χ4n) is 4.43. The third-order valence-corrected chi connectivity index (χ3v) is 6.21. The number of hydrogen-bond acceptors (Lipinski definition) is 2. The molecule has 29 heavy (non-hydrogen) atoms. The zero-order chi connectivity index (χ0) is 20.1. The van der Waals surface area contributed by atoms with Gasteiger partial charge in [-0.05, 0) is 60.8 Å². The molecule has 0 bridgehead atoms. The van der Waals surface area contributed by atoms with Crippen LogP contribution in [0.5, 0.6) is 0 Å². The molecule has 1 amide bonds. The number of likely N-dealkylation sites (tertiary alicyclic amines) is 1. The van der Waals surface area contributed by atoms with Crippen molar-refractivity contribution in [2.75, 3.05) is 13.1 Å². The number of aromatic amines is 1. The number of rotatable bonds is 7. The van der Waals surface area contributed by atoms with Crippen molar-refractivity contribution in [2.24, 2.45) is 5.92 Å². The van der Waals surface area contributed by atoms with E-state index >= 15 is 0 Å². The maximum absolute atomic E-state index is 12.6. The standard InChI is InChI=1S/C25H30N2O2/c28-18-21-10-8-19(9-11-21)16-20-12-14-27(15-13-20)25(29)7-3-4-22-17-26-24-6-2-1-5-23(22)24/h1-2,5-6,8-11,17,20,26,28H,3-4,7,12-16,18H2. The molecule has 2 N–H and O–H groups in total. The molecule has 4 rings (SSSR count). The van der Waals surface area contributed by atoms with E-state index in [0.717, 1.165) is 50.8 Å². The lowest BCUT2D eigenvalue weighted by Gasteiger charge is -2.32. The highest BCUT2D eigenvalue weighted by atomic mass is 16.3. The van der Waals surface area contributed by atoms with Crippen LogP contribution < -0.4 is 0 Å². The number of aliphatic hydroxyl groups is 1. The Morgan fingerprint density at radius 3 is 2.52 bits per heavy atom. The number of para-hydroxylation sites is 1. The van der Waals surface area contributed by atoms with Crippen LogP contribution in [0.3, 0.4) is 0 Å². The number of amides is 1. The molecular weight excluding hydrogens is 360 g/mol. The van der Waals surface area contributed by atoms with Crippen molar-refractivity contribution in [2.45, 2.75) is 45.1 Å². The topological polar surface area (TPSA) is 56.3 Å². The van der Waals surface area contributed by atoms with Gasteiger partial charge in [0.05, 0.1) is 6.61 Å². The summed E-state index contributed by atoms with van der Waals surface area (Å²) in [6, 6.07) is 16.6. The Bertz CT molecular complexity index is 937. The Morgan fingerprint density at radius 1 is 1.03 bits per heavy atom. The summed E-state index contributed by atoms with van der Waals surface area (Å²) in [6.07, 6.45) is 7.77. The van der Waals surface area contributed by atoms with Crippen LogP contribution in [0.15, 0.2) is 54.7 Å². The monoisotopic (exact) mass is 390 g/mol. The lowest BCUT2D eigenvalue weighted by molar-refractivity contribution is -0.132. The summed E-state index contributed by atoms with van der Waals surface area (Å²) < 4.78 is 0. The molecule has 0 spiro atoms. The van der Waals surface area contributed by atoms with Crippen molar-refractivity contribution in [1.82, 2.24) is 9.88 Å². The summed E-state index contributed by atoms with van der Waals surface area (Å²) in [4.78, 5) is 18.0. The van der Waals surface area contributed by atoms with Gasteiger partial charge >= 0.3 is 0 Å². The maximum Gasteiger partial charge on any atom is 0.222 e. The third-order valence-electron chi connectivity index (χ3n) is 6.21. The van der Waals surface area contributed by atoms with Gasteiger partial charge in [0.1, 0.15) is 0 Å². The molecule has 152 valence electrons. The second kappa shape index (κ2) is 9.27. The van der Waals surface area contributed by atoms with E-state index in [2.05, 4.69) is 46.4 Å². The fraction of sp³-hybridized carbons (Fsp3) is 0.400. The average Bonchev–Trinajstić information content (AvgIpc) is 3.18. The summed E-state index contributed by atoms with van der Waals surface area (Å²) in [5, 5.41) is 10.4. The van der Waals surface area contributed by atoms with Crippen molar-refractivity contribution in [3.8, 4) is 0 Å². The molecule has 4 heteroatoms. The minimum Gasteiger partial charge on any atom is -0.392 e. The molecule has 1 saturated heterocycles. The van der Waals surface area contributed by atoms with Crippen molar-refractivity contribution < 1.29 is 9.90 Å². The summed E-state index contributed by atoms with van der Waals surface area (Å²) in [5.41, 5.74) is 4.76. The number of aromatic nitrogens is 1. The largest absolute Gasteiger partial charge is 0.392 e. The Morgan fingerprint density at radius 2 is 1.76 bits per heavy atom. The number of carbonyl (C=O) groups is 1. The van der Waals surface area contributed by atoms with E-state index in [4.69, 9.17) is 5.11 Å². The molecule has 0 aliphatic carbocycles. The predicted octanol–water partition coefficient (Wildman–Crippen LogP) is 4.46. The summed E-state index contributed by atoms with van der Waals surface area (Å²) >= 11 is 0. The van der Waals surface area contributed by atoms with Gasteiger partial charge < -0.3 is 15.0 Å². The molecule has 3 aromatic rings. The Balaban J connectivity index is 1.20. The maximum atomic E-state index is 12.6. The number of aryl methyl sites for hydroxylation is 1. The highest BCUT2D eigenvalue weighted by molar-refractivity contribution is 5.83. The number of benzene rings is 2. The van der Waals surface area contributed by atoms with E-state index < -0.39 is 0 Å². The molecule has 1 aromatic heterocycles. The molecule has 4 nitrogen and oxygen atoms in total. The first-order valence-electron chi connectivity index (χ1n) is 10.7. The van der Waals surface area contributed by atoms with E-state index in [0.29, 0.717) is 18.2 Å². The number of hydrogen-bond donors (Lipinski definition) is 2. The molecule has 0 radical (unpaired) electrons. The summed E-state index contributed by atoms with van der Waals surface area (Å²) in [7, 11) is 0. The van der Waals surface area contributed by atoms with Gasteiger partial charge in [-0.1, -0.05) is 42.5 Å². The second-order valence-corrected chi connectivity index (χ2v) is 8.22. The average molecular weight is 391 g/mol. The number of carbonyl (C=O) groups excluding carboxylic acids is 1. The van der Waals surface area contributed by atoms with Gasteiger partial charge in [0, 0.05) is 36.6 Å². The number of fused-ring (bicyclic) bond motifs is 1. The molecule has 0 saturated carbocycles. The normalized spacial score (nSPS) is 15.1. The molecule has 1 fully saturated rings. The van der Waals surface area contributed by atoms with Crippen LogP contribution >= 0.6 is 0 Å². The summed E-state index contributed by atoms with van der Waals surface area (Å²) in [5.74, 6) is 0.945. The van der Waals surface area contributed by atoms with Gasteiger partial charge in [-0.3, -0.25) is 4.79 Å². The van der Waals surface area contributed by atoms with E-state index in [1.54, 1.807) is 0 Å². The molecule has 0 atom stereocenters. The van der Waals surface area contributed by atoms with Crippen LogP contribution in [0.4, 0.5) is 0 Å². The van der Waals surface area contributed by atoms with E-state index in [1.807, 2.05) is 18.2 Å². The van der Waals surface area contributed by atoms with Gasteiger partial charge in [-0.25, -0.2) is 0 Å². The van der Waals surface area contributed by atoms with E-state index in [9.17, 15) is 4.79 Å². The molecule has 2 heterocycles. The molecule has 0 unspecified atom stereocenters. The molecule has 2 aromatic carbocycles. The number of aliphatic hydroxyl groups excluding tert-OH is 1. The van der Waals surface area contributed by atoms with E-state index in [1.165, 1.54) is 22.0 Å². The van der Waals surface area contributed by atoms with Crippen LogP contribution in [-0.2, 0) is 24.2 Å². The zero-order valence-electron chi connectivity index (χ0n) is 16.9. The number of piperidine rings is 1. The van der Waals surface area contributed by atoms with Gasteiger partial charge in [0.15, 0.2) is 0 Å². The first-order valence-corrected chi connectivity index (χ1v) is 10.7. The fourth-order valence-corrected chi connectivity index (χ4v) is 4.43. The van der Waals surface area contributed by atoms with E-state index in [-0.39, 0.29) is 6.61 Å². The first kappa shape index (κ1) is 19.7. The Hall–Kier alpha value is -2.59. The molecule has 1 aliphatic rings. The van der Waals surface area contributed by atoms with Crippen LogP contribution in [0.1, 0.15) is 42.4 Å². The SMILES string of the molecule is O=C(CCCc1c[nH]c2ccccc12)N1CCC(Cc2ccc(CO)cc2)CC1. The Kier molecular flexibility index (Phi) is 6.30. The van der Waals surface area contributed by atoms with Crippen LogP contribution in [0.25, 0.3) is 10.9 Å². The minimum absolute atomic E-state index is 0.0983. The smallest absolute Gasteiger partial charge is 0.222 e. The molecule has 1 aliphatic heterocycles. The first-order chi connectivity index (χ1) is 14.2. The lowest BCUT2D eigenvalue weighted by atomic mass is 9.89. The summed E-state index contributed by atoms with van der Waals surface area (Å²) in [6.45, 7) is 1.86. The highest BCUT2D eigenvalue weighted by Crippen LogP contribution is 2.23. The van der Waals surface area contributed by atoms with Crippen LogP contribution in [-0.4, -0.2) is 34.0 Å². The Labute approximate surface area is 172 Å². The van der Waals surface area contributed by atoms with Crippen molar-refractivity contribution >= 4 is 16.8 Å². The second-order valence-electron chi connectivity index (χ2n) is 8.22. The van der Waals surface area contributed by atoms with Crippen LogP contribution in [0.2, 0.25) is 0 Å².